The summed E-state index contributed by atoms with van der Waals surface area (Å²) < 4.78 is 6.75. The number of hydrogen-bond donors (Lipinski definition) is 3. The lowest BCUT2D eigenvalue weighted by Crippen LogP contribution is -2.54. The van der Waals surface area contributed by atoms with Crippen LogP contribution in [0.15, 0.2) is 102 Å². The van der Waals surface area contributed by atoms with Crippen LogP contribution < -0.4 is 16.2 Å². The number of nitrogens with zero attached hydrogens (tertiary/aromatic N) is 2. The molecular formula is C41H44N4O7. The van der Waals surface area contributed by atoms with Crippen molar-refractivity contribution in [3.05, 3.63) is 135 Å². The first-order valence-corrected chi connectivity index (χ1v) is 17.8. The molecule has 2 aliphatic rings. The van der Waals surface area contributed by atoms with Gasteiger partial charge in [0.1, 0.15) is 17.4 Å². The van der Waals surface area contributed by atoms with Crippen LogP contribution in [-0.4, -0.2) is 70.0 Å². The van der Waals surface area contributed by atoms with Gasteiger partial charge in [-0.05, 0) is 79.1 Å². The maximum Gasteiger partial charge on any atom is 0.328 e. The van der Waals surface area contributed by atoms with Crippen LogP contribution in [0, 0.1) is 0 Å². The largest absolute Gasteiger partial charge is 0.508 e. The monoisotopic (exact) mass is 704 g/mol. The van der Waals surface area contributed by atoms with Gasteiger partial charge >= 0.3 is 5.97 Å². The zero-order valence-electron chi connectivity index (χ0n) is 29.4. The topological polar surface area (TPSA) is 147 Å². The smallest absolute Gasteiger partial charge is 0.328 e. The van der Waals surface area contributed by atoms with E-state index >= 15 is 0 Å². The molecule has 3 N–H and O–H groups in total. The van der Waals surface area contributed by atoms with Crippen LogP contribution in [-0.2, 0) is 38.0 Å². The molecule has 52 heavy (non-hydrogen) atoms. The van der Waals surface area contributed by atoms with E-state index in [0.29, 0.717) is 44.3 Å². The number of aromatic nitrogens is 1. The third-order valence-electron chi connectivity index (χ3n) is 10.3. The van der Waals surface area contributed by atoms with Gasteiger partial charge in [0, 0.05) is 38.8 Å². The lowest BCUT2D eigenvalue weighted by Gasteiger charge is -2.43. The van der Waals surface area contributed by atoms with E-state index in [1.54, 1.807) is 38.4 Å². The van der Waals surface area contributed by atoms with Crippen molar-refractivity contribution in [1.82, 2.24) is 20.1 Å². The second-order valence-corrected chi connectivity index (χ2v) is 13.5. The van der Waals surface area contributed by atoms with Gasteiger partial charge in [-0.3, -0.25) is 19.2 Å². The van der Waals surface area contributed by atoms with Crippen molar-refractivity contribution in [2.75, 3.05) is 19.7 Å². The predicted molar refractivity (Wildman–Crippen MR) is 195 cm³/mol. The molecule has 1 aromatic heterocycles. The first-order chi connectivity index (χ1) is 25.1. The maximum atomic E-state index is 14.8. The average Bonchev–Trinajstić information content (AvgIpc) is 3.16. The van der Waals surface area contributed by atoms with Crippen LogP contribution in [0.4, 0.5) is 0 Å². The predicted octanol–water partition coefficient (Wildman–Crippen LogP) is 3.97. The number of benzene rings is 3. The molecule has 1 fully saturated rings. The molecule has 11 nitrogen and oxygen atoms in total. The molecule has 3 atom stereocenters. The SMILES string of the molecule is CCOC(=O)C(Cc1ccc(O)cc1)NC(=O)[C@@]1(c2ccccc2)CC[C@H](C(=O)N2CCC(NC(=O)c3cccn(C)c3=O)CC2)c2ccccc21. The van der Waals surface area contributed by atoms with Gasteiger partial charge in [0.25, 0.3) is 11.5 Å². The van der Waals surface area contributed by atoms with Crippen LogP contribution in [0.25, 0.3) is 0 Å². The van der Waals surface area contributed by atoms with Crippen molar-refractivity contribution in [3.63, 3.8) is 0 Å². The molecule has 0 bridgehead atoms. The van der Waals surface area contributed by atoms with Crippen molar-refractivity contribution in [2.45, 2.75) is 62.4 Å². The molecule has 3 aromatic carbocycles. The summed E-state index contributed by atoms with van der Waals surface area (Å²) in [5.74, 6) is -1.77. The molecule has 0 saturated carbocycles. The molecule has 4 aromatic rings. The number of esters is 1. The fourth-order valence-electron chi connectivity index (χ4n) is 7.57. The number of carbonyl (C=O) groups excluding carboxylic acids is 4. The van der Waals surface area contributed by atoms with E-state index in [1.165, 1.54) is 22.8 Å². The molecule has 1 saturated heterocycles. The molecule has 0 spiro atoms. The summed E-state index contributed by atoms with van der Waals surface area (Å²) in [6.45, 7) is 2.74. The Morgan fingerprint density at radius 3 is 2.31 bits per heavy atom. The fourth-order valence-corrected chi connectivity index (χ4v) is 7.57. The fraction of sp³-hybridized carbons (Fsp3) is 0.341. The Balaban J connectivity index is 1.24. The van der Waals surface area contributed by atoms with Gasteiger partial charge in [-0.1, -0.05) is 66.7 Å². The van der Waals surface area contributed by atoms with Gasteiger partial charge < -0.3 is 29.9 Å². The van der Waals surface area contributed by atoms with Gasteiger partial charge in [-0.15, -0.1) is 0 Å². The zero-order chi connectivity index (χ0) is 36.8. The number of fused-ring (bicyclic) bond motifs is 1. The third kappa shape index (κ3) is 7.35. The maximum absolute atomic E-state index is 14.8. The van der Waals surface area contributed by atoms with Crippen molar-refractivity contribution in [1.29, 1.82) is 0 Å². The molecule has 270 valence electrons. The summed E-state index contributed by atoms with van der Waals surface area (Å²) >= 11 is 0. The minimum absolute atomic E-state index is 0.0343. The second-order valence-electron chi connectivity index (χ2n) is 13.5. The Hall–Kier alpha value is -5.71. The minimum Gasteiger partial charge on any atom is -0.508 e. The lowest BCUT2D eigenvalue weighted by atomic mass is 9.62. The van der Waals surface area contributed by atoms with E-state index in [1.807, 2.05) is 59.5 Å². The number of nitrogens with one attached hydrogen (secondary N) is 2. The number of aromatic hydroxyl groups is 1. The number of piperidine rings is 1. The molecule has 3 amide bonds. The number of rotatable bonds is 10. The van der Waals surface area contributed by atoms with E-state index < -0.39 is 29.3 Å². The molecule has 6 rings (SSSR count). The molecule has 1 aliphatic heterocycles. The quantitative estimate of drug-likeness (QED) is 0.212. The summed E-state index contributed by atoms with van der Waals surface area (Å²) in [6, 6.07) is 25.5. The highest BCUT2D eigenvalue weighted by Gasteiger charge is 2.49. The van der Waals surface area contributed by atoms with Gasteiger partial charge in [0.05, 0.1) is 17.9 Å². The van der Waals surface area contributed by atoms with Gasteiger partial charge in [0.2, 0.25) is 11.8 Å². The molecule has 0 radical (unpaired) electrons. The van der Waals surface area contributed by atoms with Gasteiger partial charge in [0.15, 0.2) is 0 Å². The number of hydrogen-bond acceptors (Lipinski definition) is 7. The number of aryl methyl sites for hydroxylation is 1. The Morgan fingerprint density at radius 1 is 0.904 bits per heavy atom. The number of carbonyl (C=O) groups is 4. The molecule has 11 heteroatoms. The van der Waals surface area contributed by atoms with Crippen molar-refractivity contribution in [2.24, 2.45) is 7.05 Å². The molecular weight excluding hydrogens is 660 g/mol. The number of phenolic OH excluding ortho intramolecular Hbond substituents is 1. The van der Waals surface area contributed by atoms with Crippen molar-refractivity contribution >= 4 is 23.7 Å². The van der Waals surface area contributed by atoms with Gasteiger partial charge in [-0.2, -0.15) is 0 Å². The lowest BCUT2D eigenvalue weighted by molar-refractivity contribution is -0.148. The Kier molecular flexibility index (Phi) is 10.9. The van der Waals surface area contributed by atoms with Crippen LogP contribution in [0.1, 0.15) is 71.1 Å². The summed E-state index contributed by atoms with van der Waals surface area (Å²) in [5, 5.41) is 15.8. The number of likely N-dealkylation sites (tertiary alicyclic amines) is 1. The Labute approximate surface area is 302 Å². The highest BCUT2D eigenvalue weighted by molar-refractivity contribution is 5.97. The van der Waals surface area contributed by atoms with E-state index in [4.69, 9.17) is 4.74 Å². The zero-order valence-corrected chi connectivity index (χ0v) is 29.4. The Morgan fingerprint density at radius 2 is 1.60 bits per heavy atom. The summed E-state index contributed by atoms with van der Waals surface area (Å²) in [6.07, 6.45) is 3.58. The summed E-state index contributed by atoms with van der Waals surface area (Å²) in [7, 11) is 1.60. The highest BCUT2D eigenvalue weighted by Crippen LogP contribution is 2.48. The summed E-state index contributed by atoms with van der Waals surface area (Å²) in [4.78, 5) is 69.4. The number of phenols is 1. The van der Waals surface area contributed by atoms with Crippen LogP contribution in [0.2, 0.25) is 0 Å². The highest BCUT2D eigenvalue weighted by atomic mass is 16.5. The van der Waals surface area contributed by atoms with Crippen LogP contribution >= 0.6 is 0 Å². The minimum atomic E-state index is -1.19. The Bertz CT molecular complexity index is 1990. The molecule has 2 heterocycles. The first kappa shape index (κ1) is 36.1. The van der Waals surface area contributed by atoms with Crippen LogP contribution in [0.5, 0.6) is 5.75 Å². The molecule has 1 aliphatic carbocycles. The third-order valence-corrected chi connectivity index (χ3v) is 10.3. The average molecular weight is 705 g/mol. The van der Waals surface area contributed by atoms with Crippen molar-refractivity contribution in [3.8, 4) is 5.75 Å². The van der Waals surface area contributed by atoms with E-state index in [0.717, 1.165) is 16.7 Å². The van der Waals surface area contributed by atoms with E-state index in [2.05, 4.69) is 10.6 Å². The number of pyridine rings is 1. The second kappa shape index (κ2) is 15.7. The van der Waals surface area contributed by atoms with E-state index in [-0.39, 0.29) is 47.8 Å². The van der Waals surface area contributed by atoms with Crippen LogP contribution in [0.3, 0.4) is 0 Å². The van der Waals surface area contributed by atoms with Gasteiger partial charge in [-0.25, -0.2) is 4.79 Å². The van der Waals surface area contributed by atoms with Crippen molar-refractivity contribution < 1.29 is 29.0 Å². The first-order valence-electron chi connectivity index (χ1n) is 17.8. The number of ether oxygens (including phenoxy) is 1. The van der Waals surface area contributed by atoms with E-state index in [9.17, 15) is 29.1 Å². The number of amides is 3. The molecule has 1 unspecified atom stereocenters. The summed E-state index contributed by atoms with van der Waals surface area (Å²) in [5.41, 5.74) is 1.50. The standard InChI is InChI=1S/C41H44N4O7/c1-3-52-39(50)35(26-27-15-17-30(46)18-16-27)43-40(51)41(28-10-5-4-6-11-28)22-19-32(31-12-7-8-14-34(31)41)38(49)45-24-20-29(21-25-45)42-36(47)33-13-9-23-44(2)37(33)48/h4-18,23,29,32,35,46H,3,19-22,24-26H2,1-2H3,(H,42,47)(H,43,51)/t32-,35?,41+/m0/s1. The normalized spacial score (nSPS) is 19.2.